The Morgan fingerprint density at radius 3 is 3.00 bits per heavy atom. The third-order valence-electron chi connectivity index (χ3n) is 3.84. The summed E-state index contributed by atoms with van der Waals surface area (Å²) in [4.78, 5) is 0.954. The molecule has 0 aromatic carbocycles. The van der Waals surface area contributed by atoms with Gasteiger partial charge in [-0.1, -0.05) is 18.3 Å². The van der Waals surface area contributed by atoms with E-state index in [1.165, 1.54) is 17.8 Å². The van der Waals surface area contributed by atoms with Gasteiger partial charge in [-0.25, -0.2) is 0 Å². The molecule has 1 atom stereocenters. The highest BCUT2D eigenvalue weighted by molar-refractivity contribution is 7.16. The molecule has 1 unspecified atom stereocenters. The van der Waals surface area contributed by atoms with Crippen LogP contribution in [0.1, 0.15) is 42.9 Å². The van der Waals surface area contributed by atoms with Crippen LogP contribution in [0, 0.1) is 0 Å². The SMILES string of the molecule is CC1(c2nn3c(C4CC4)nnc3s2)CCNC1. The molecule has 1 saturated carbocycles. The summed E-state index contributed by atoms with van der Waals surface area (Å²) in [5.41, 5.74) is 0.187. The molecule has 0 amide bonds. The van der Waals surface area contributed by atoms with Gasteiger partial charge in [0.1, 0.15) is 5.01 Å². The fraction of sp³-hybridized carbons (Fsp3) is 0.727. The quantitative estimate of drug-likeness (QED) is 0.872. The van der Waals surface area contributed by atoms with Gasteiger partial charge in [0, 0.05) is 17.9 Å². The van der Waals surface area contributed by atoms with Crippen molar-refractivity contribution in [3.63, 3.8) is 0 Å². The van der Waals surface area contributed by atoms with E-state index in [4.69, 9.17) is 5.10 Å². The maximum Gasteiger partial charge on any atom is 0.234 e. The van der Waals surface area contributed by atoms with Crippen molar-refractivity contribution in [1.29, 1.82) is 0 Å². The van der Waals surface area contributed by atoms with Crippen LogP contribution in [0.2, 0.25) is 0 Å². The molecule has 17 heavy (non-hydrogen) atoms. The minimum Gasteiger partial charge on any atom is -0.316 e. The van der Waals surface area contributed by atoms with Crippen molar-refractivity contribution in [3.05, 3.63) is 10.8 Å². The number of aromatic nitrogens is 4. The Morgan fingerprint density at radius 2 is 2.29 bits per heavy atom. The summed E-state index contributed by atoms with van der Waals surface area (Å²) >= 11 is 1.70. The Bertz CT molecular complexity index is 561. The lowest BCUT2D eigenvalue weighted by Crippen LogP contribution is -2.24. The molecule has 0 bridgehead atoms. The Morgan fingerprint density at radius 1 is 1.41 bits per heavy atom. The number of nitrogens with one attached hydrogen (secondary N) is 1. The predicted molar refractivity (Wildman–Crippen MR) is 65.5 cm³/mol. The Balaban J connectivity index is 1.81. The average Bonchev–Trinajstić information content (AvgIpc) is 2.76. The molecule has 2 fully saturated rings. The van der Waals surface area contributed by atoms with Crippen molar-refractivity contribution in [2.45, 2.75) is 37.5 Å². The van der Waals surface area contributed by atoms with Gasteiger partial charge in [0.25, 0.3) is 0 Å². The van der Waals surface area contributed by atoms with Crippen LogP contribution in [-0.4, -0.2) is 32.9 Å². The van der Waals surface area contributed by atoms with Gasteiger partial charge in [-0.15, -0.1) is 10.2 Å². The Hall–Kier alpha value is -1.01. The first kappa shape index (κ1) is 9.96. The van der Waals surface area contributed by atoms with Crippen LogP contribution in [0.4, 0.5) is 0 Å². The van der Waals surface area contributed by atoms with E-state index in [-0.39, 0.29) is 5.41 Å². The summed E-state index contributed by atoms with van der Waals surface area (Å²) in [7, 11) is 0. The number of hydrogen-bond donors (Lipinski definition) is 1. The van der Waals surface area contributed by atoms with Gasteiger partial charge in [0.05, 0.1) is 0 Å². The van der Waals surface area contributed by atoms with Gasteiger partial charge in [-0.05, 0) is 25.8 Å². The highest BCUT2D eigenvalue weighted by Crippen LogP contribution is 2.40. The van der Waals surface area contributed by atoms with E-state index in [0.29, 0.717) is 5.92 Å². The highest BCUT2D eigenvalue weighted by atomic mass is 32.1. The van der Waals surface area contributed by atoms with E-state index in [9.17, 15) is 0 Å². The largest absolute Gasteiger partial charge is 0.316 e. The molecule has 1 N–H and O–H groups in total. The Labute approximate surface area is 103 Å². The number of fused-ring (bicyclic) bond motifs is 1. The summed E-state index contributed by atoms with van der Waals surface area (Å²) < 4.78 is 1.97. The fourth-order valence-corrected chi connectivity index (χ4v) is 3.49. The van der Waals surface area contributed by atoms with Crippen LogP contribution >= 0.6 is 11.3 Å². The van der Waals surface area contributed by atoms with Gasteiger partial charge in [0.2, 0.25) is 4.96 Å². The molecule has 4 rings (SSSR count). The second kappa shape index (κ2) is 3.26. The maximum atomic E-state index is 4.76. The van der Waals surface area contributed by atoms with E-state index in [1.54, 1.807) is 11.3 Å². The maximum absolute atomic E-state index is 4.76. The van der Waals surface area contributed by atoms with E-state index < -0.39 is 0 Å². The van der Waals surface area contributed by atoms with E-state index in [2.05, 4.69) is 22.4 Å². The zero-order valence-electron chi connectivity index (χ0n) is 9.81. The molecule has 0 radical (unpaired) electrons. The lowest BCUT2D eigenvalue weighted by molar-refractivity contribution is 0.512. The van der Waals surface area contributed by atoms with Gasteiger partial charge in [-0.3, -0.25) is 0 Å². The molecule has 3 heterocycles. The minimum atomic E-state index is 0.187. The van der Waals surface area contributed by atoms with Crippen LogP contribution < -0.4 is 5.32 Å². The highest BCUT2D eigenvalue weighted by Gasteiger charge is 2.36. The molecular weight excluding hydrogens is 234 g/mol. The molecule has 6 heteroatoms. The zero-order valence-corrected chi connectivity index (χ0v) is 10.6. The van der Waals surface area contributed by atoms with Crippen molar-refractivity contribution in [1.82, 2.24) is 25.1 Å². The first-order valence-corrected chi connectivity index (χ1v) is 7.01. The Kier molecular flexibility index (Phi) is 1.91. The van der Waals surface area contributed by atoms with Crippen LogP contribution in [-0.2, 0) is 5.41 Å². The molecule has 2 aromatic heterocycles. The molecule has 5 nitrogen and oxygen atoms in total. The molecule has 1 saturated heterocycles. The van der Waals surface area contributed by atoms with Crippen LogP contribution in [0.15, 0.2) is 0 Å². The van der Waals surface area contributed by atoms with Gasteiger partial charge in [0.15, 0.2) is 5.82 Å². The summed E-state index contributed by atoms with van der Waals surface area (Å²) in [6.45, 7) is 4.40. The fourth-order valence-electron chi connectivity index (χ4n) is 2.47. The third kappa shape index (κ3) is 1.43. The van der Waals surface area contributed by atoms with Crippen molar-refractivity contribution in [2.75, 3.05) is 13.1 Å². The number of rotatable bonds is 2. The van der Waals surface area contributed by atoms with Gasteiger partial charge in [-0.2, -0.15) is 9.61 Å². The third-order valence-corrected chi connectivity index (χ3v) is 5.05. The lowest BCUT2D eigenvalue weighted by Gasteiger charge is -2.17. The van der Waals surface area contributed by atoms with E-state index in [0.717, 1.165) is 30.3 Å². The minimum absolute atomic E-state index is 0.187. The molecule has 0 spiro atoms. The van der Waals surface area contributed by atoms with Gasteiger partial charge < -0.3 is 5.32 Å². The summed E-state index contributed by atoms with van der Waals surface area (Å²) in [6, 6.07) is 0. The topological polar surface area (TPSA) is 55.1 Å². The monoisotopic (exact) mass is 249 g/mol. The number of hydrogen-bond acceptors (Lipinski definition) is 5. The van der Waals surface area contributed by atoms with Crippen molar-refractivity contribution >= 4 is 16.3 Å². The van der Waals surface area contributed by atoms with Crippen LogP contribution in [0.25, 0.3) is 4.96 Å². The molecular formula is C11H15N5S. The summed E-state index contributed by atoms with van der Waals surface area (Å²) in [6.07, 6.45) is 3.65. The molecule has 90 valence electrons. The smallest absolute Gasteiger partial charge is 0.234 e. The van der Waals surface area contributed by atoms with E-state index >= 15 is 0 Å². The molecule has 2 aromatic rings. The lowest BCUT2D eigenvalue weighted by atomic mass is 9.91. The van der Waals surface area contributed by atoms with Crippen molar-refractivity contribution in [2.24, 2.45) is 0 Å². The second-order valence-electron chi connectivity index (χ2n) is 5.42. The van der Waals surface area contributed by atoms with Gasteiger partial charge >= 0.3 is 0 Å². The summed E-state index contributed by atoms with van der Waals surface area (Å²) in [5.74, 6) is 1.67. The number of nitrogens with zero attached hydrogens (tertiary/aromatic N) is 4. The molecule has 2 aliphatic rings. The normalized spacial score (nSPS) is 29.2. The summed E-state index contributed by atoms with van der Waals surface area (Å²) in [5, 5.41) is 17.9. The predicted octanol–water partition coefficient (Wildman–Crippen LogP) is 1.31. The van der Waals surface area contributed by atoms with E-state index in [1.807, 2.05) is 4.52 Å². The average molecular weight is 249 g/mol. The van der Waals surface area contributed by atoms with Crippen molar-refractivity contribution in [3.8, 4) is 0 Å². The molecule has 1 aliphatic heterocycles. The zero-order chi connectivity index (χ0) is 11.5. The van der Waals surface area contributed by atoms with Crippen LogP contribution in [0.5, 0.6) is 0 Å². The van der Waals surface area contributed by atoms with Crippen molar-refractivity contribution < 1.29 is 0 Å². The first-order chi connectivity index (χ1) is 8.26. The molecule has 1 aliphatic carbocycles. The standard InChI is InChI=1S/C11H15N5S/c1-11(4-5-12-6-11)9-15-16-8(7-2-3-7)13-14-10(16)17-9/h7,12H,2-6H2,1H3. The second-order valence-corrected chi connectivity index (χ2v) is 6.38. The van der Waals surface area contributed by atoms with Crippen LogP contribution in [0.3, 0.4) is 0 Å². The first-order valence-electron chi connectivity index (χ1n) is 6.20.